The molecule has 20 heavy (non-hydrogen) atoms. The molecule has 2 aromatic rings. The number of hydrogen-bond acceptors (Lipinski definition) is 5. The molecule has 0 saturated heterocycles. The molecule has 0 atom stereocenters. The third-order valence-electron chi connectivity index (χ3n) is 2.52. The number of rotatable bonds is 4. The van der Waals surface area contributed by atoms with Gasteiger partial charge in [0.2, 0.25) is 0 Å². The molecule has 0 aliphatic rings. The maximum atomic E-state index is 11.4. The van der Waals surface area contributed by atoms with Crippen molar-refractivity contribution in [2.75, 3.05) is 6.26 Å². The molecule has 1 aromatic carbocycles. The molecule has 104 valence electrons. The van der Waals surface area contributed by atoms with E-state index in [1.807, 2.05) is 0 Å². The van der Waals surface area contributed by atoms with Crippen molar-refractivity contribution in [3.8, 4) is 0 Å². The topological polar surface area (TPSA) is 96.9 Å². The van der Waals surface area contributed by atoms with Gasteiger partial charge in [-0.1, -0.05) is 11.8 Å². The van der Waals surface area contributed by atoms with Crippen LogP contribution in [0, 0.1) is 5.41 Å². The summed E-state index contributed by atoms with van der Waals surface area (Å²) in [5.74, 6) is -0.0123. The Labute approximate surface area is 121 Å². The highest BCUT2D eigenvalue weighted by Gasteiger charge is 2.07. The van der Waals surface area contributed by atoms with E-state index in [1.54, 1.807) is 42.6 Å². The number of nitrogens with two attached hydrogens (primary N) is 1. The first-order valence-corrected chi connectivity index (χ1v) is 8.35. The Kier molecular flexibility index (Phi) is 4.10. The number of pyridine rings is 1. The Hall–Kier alpha value is -1.86. The molecule has 0 bridgehead atoms. The highest BCUT2D eigenvalue weighted by atomic mass is 32.2. The minimum atomic E-state index is -3.18. The van der Waals surface area contributed by atoms with Crippen LogP contribution in [0.25, 0.3) is 0 Å². The highest BCUT2D eigenvalue weighted by Crippen LogP contribution is 2.27. The third-order valence-corrected chi connectivity index (χ3v) is 4.59. The second-order valence-electron chi connectivity index (χ2n) is 4.14. The zero-order chi connectivity index (χ0) is 14.8. The summed E-state index contributed by atoms with van der Waals surface area (Å²) in [6.07, 6.45) is 2.76. The molecule has 0 spiro atoms. The molecule has 0 saturated carbocycles. The van der Waals surface area contributed by atoms with Crippen LogP contribution in [0.5, 0.6) is 0 Å². The van der Waals surface area contributed by atoms with Crippen LogP contribution >= 0.6 is 11.8 Å². The van der Waals surface area contributed by atoms with Gasteiger partial charge >= 0.3 is 0 Å². The normalized spacial score (nSPS) is 11.2. The number of hydrogen-bond donors (Lipinski definition) is 2. The van der Waals surface area contributed by atoms with E-state index in [1.165, 1.54) is 18.0 Å². The van der Waals surface area contributed by atoms with Gasteiger partial charge in [0.15, 0.2) is 9.84 Å². The molecular weight excluding hydrogens is 294 g/mol. The maximum absolute atomic E-state index is 11.4. The molecule has 1 heterocycles. The van der Waals surface area contributed by atoms with Gasteiger partial charge in [0.1, 0.15) is 10.9 Å². The van der Waals surface area contributed by atoms with Gasteiger partial charge in [0.05, 0.1) is 4.90 Å². The molecule has 0 aliphatic heterocycles. The van der Waals surface area contributed by atoms with E-state index >= 15 is 0 Å². The summed E-state index contributed by atoms with van der Waals surface area (Å²) in [6, 6.07) is 9.96. The number of sulfone groups is 1. The zero-order valence-corrected chi connectivity index (χ0v) is 12.3. The predicted octanol–water partition coefficient (Wildman–Crippen LogP) is 1.92. The van der Waals surface area contributed by atoms with Crippen LogP contribution in [0.4, 0.5) is 0 Å². The molecule has 2 rings (SSSR count). The maximum Gasteiger partial charge on any atom is 0.175 e. The SMILES string of the molecule is CS(=O)(=O)c1ccc(Sc2cc(C(=N)N)ccn2)cc1. The molecule has 1 aromatic heterocycles. The largest absolute Gasteiger partial charge is 0.384 e. The van der Waals surface area contributed by atoms with Crippen LogP contribution in [-0.2, 0) is 9.84 Å². The molecule has 7 heteroatoms. The van der Waals surface area contributed by atoms with Crippen molar-refractivity contribution in [1.82, 2.24) is 4.98 Å². The van der Waals surface area contributed by atoms with Crippen molar-refractivity contribution in [2.24, 2.45) is 5.73 Å². The van der Waals surface area contributed by atoms with Gasteiger partial charge in [-0.15, -0.1) is 0 Å². The first kappa shape index (κ1) is 14.5. The lowest BCUT2D eigenvalue weighted by Crippen LogP contribution is -2.10. The van der Waals surface area contributed by atoms with Crippen molar-refractivity contribution < 1.29 is 8.42 Å². The third kappa shape index (κ3) is 3.58. The van der Waals surface area contributed by atoms with E-state index in [-0.39, 0.29) is 10.7 Å². The van der Waals surface area contributed by atoms with Gasteiger partial charge in [-0.25, -0.2) is 13.4 Å². The molecule has 5 nitrogen and oxygen atoms in total. The van der Waals surface area contributed by atoms with Crippen molar-refractivity contribution in [2.45, 2.75) is 14.8 Å². The van der Waals surface area contributed by atoms with Crippen LogP contribution in [0.1, 0.15) is 5.56 Å². The summed E-state index contributed by atoms with van der Waals surface area (Å²) in [6.45, 7) is 0. The fourth-order valence-electron chi connectivity index (χ4n) is 1.51. The van der Waals surface area contributed by atoms with E-state index in [2.05, 4.69) is 4.98 Å². The van der Waals surface area contributed by atoms with E-state index in [4.69, 9.17) is 11.1 Å². The van der Waals surface area contributed by atoms with Gasteiger partial charge in [0.25, 0.3) is 0 Å². The highest BCUT2D eigenvalue weighted by molar-refractivity contribution is 7.99. The van der Waals surface area contributed by atoms with Crippen molar-refractivity contribution in [1.29, 1.82) is 5.41 Å². The van der Waals surface area contributed by atoms with Crippen LogP contribution in [0.3, 0.4) is 0 Å². The smallest absolute Gasteiger partial charge is 0.175 e. The monoisotopic (exact) mass is 307 g/mol. The quantitative estimate of drug-likeness (QED) is 0.664. The standard InChI is InChI=1S/C13H13N3O2S2/c1-20(17,18)11-4-2-10(3-5-11)19-12-8-9(13(14)15)6-7-16-12/h2-8H,1H3,(H3,14,15). The number of nitrogens with one attached hydrogen (secondary N) is 1. The average Bonchev–Trinajstić information content (AvgIpc) is 2.38. The van der Waals surface area contributed by atoms with E-state index in [0.717, 1.165) is 4.90 Å². The molecular formula is C13H13N3O2S2. The minimum Gasteiger partial charge on any atom is -0.384 e. The Balaban J connectivity index is 2.22. The lowest BCUT2D eigenvalue weighted by molar-refractivity contribution is 0.602. The lowest BCUT2D eigenvalue weighted by atomic mass is 10.2. The Morgan fingerprint density at radius 1 is 1.25 bits per heavy atom. The summed E-state index contributed by atoms with van der Waals surface area (Å²) < 4.78 is 22.7. The van der Waals surface area contributed by atoms with Crippen molar-refractivity contribution >= 4 is 27.4 Å². The predicted molar refractivity (Wildman–Crippen MR) is 78.9 cm³/mol. The lowest BCUT2D eigenvalue weighted by Gasteiger charge is -2.04. The molecule has 3 N–H and O–H groups in total. The van der Waals surface area contributed by atoms with E-state index < -0.39 is 9.84 Å². The fourth-order valence-corrected chi connectivity index (χ4v) is 2.95. The molecule has 0 radical (unpaired) electrons. The van der Waals surface area contributed by atoms with Gasteiger partial charge in [-0.05, 0) is 36.4 Å². The number of amidine groups is 1. The second kappa shape index (κ2) is 5.64. The number of aromatic nitrogens is 1. The Bertz CT molecular complexity index is 740. The van der Waals surface area contributed by atoms with E-state index in [9.17, 15) is 8.42 Å². The summed E-state index contributed by atoms with van der Waals surface area (Å²) in [7, 11) is -3.18. The summed E-state index contributed by atoms with van der Waals surface area (Å²) in [4.78, 5) is 5.33. The summed E-state index contributed by atoms with van der Waals surface area (Å²) in [5, 5.41) is 8.08. The first-order chi connectivity index (χ1) is 9.36. The number of benzene rings is 1. The number of nitrogen functional groups attached to an aromatic ring is 1. The second-order valence-corrected chi connectivity index (χ2v) is 7.25. The van der Waals surface area contributed by atoms with Crippen molar-refractivity contribution in [3.63, 3.8) is 0 Å². The Morgan fingerprint density at radius 2 is 1.90 bits per heavy atom. The number of nitrogens with zero attached hydrogens (tertiary/aromatic N) is 1. The van der Waals surface area contributed by atoms with Crippen LogP contribution in [0.15, 0.2) is 57.4 Å². The van der Waals surface area contributed by atoms with Gasteiger partial charge in [-0.3, -0.25) is 5.41 Å². The fraction of sp³-hybridized carbons (Fsp3) is 0.0769. The molecule has 0 unspecified atom stereocenters. The zero-order valence-electron chi connectivity index (χ0n) is 10.7. The van der Waals surface area contributed by atoms with E-state index in [0.29, 0.717) is 10.6 Å². The first-order valence-electron chi connectivity index (χ1n) is 5.65. The summed E-state index contributed by atoms with van der Waals surface area (Å²) in [5.41, 5.74) is 6.03. The van der Waals surface area contributed by atoms with Crippen LogP contribution in [-0.4, -0.2) is 25.5 Å². The van der Waals surface area contributed by atoms with Gasteiger partial charge < -0.3 is 5.73 Å². The van der Waals surface area contributed by atoms with Gasteiger partial charge in [0, 0.05) is 22.9 Å². The Morgan fingerprint density at radius 3 is 2.45 bits per heavy atom. The average molecular weight is 307 g/mol. The van der Waals surface area contributed by atoms with Crippen molar-refractivity contribution in [3.05, 3.63) is 48.2 Å². The van der Waals surface area contributed by atoms with Crippen LogP contribution in [0.2, 0.25) is 0 Å². The summed E-state index contributed by atoms with van der Waals surface area (Å²) >= 11 is 1.38. The minimum absolute atomic E-state index is 0.0123. The molecule has 0 amide bonds. The molecule has 0 aliphatic carbocycles. The molecule has 0 fully saturated rings. The van der Waals surface area contributed by atoms with Crippen LogP contribution < -0.4 is 5.73 Å². The van der Waals surface area contributed by atoms with Gasteiger partial charge in [-0.2, -0.15) is 0 Å².